The first-order valence-corrected chi connectivity index (χ1v) is 13.2. The second-order valence-corrected chi connectivity index (χ2v) is 10.1. The van der Waals surface area contributed by atoms with Crippen LogP contribution in [0.1, 0.15) is 24.2 Å². The van der Waals surface area contributed by atoms with Gasteiger partial charge in [0.2, 0.25) is 0 Å². The van der Waals surface area contributed by atoms with Gasteiger partial charge in [0.15, 0.2) is 11.6 Å². The smallest absolute Gasteiger partial charge is 0.356 e. The van der Waals surface area contributed by atoms with E-state index in [1.165, 1.54) is 18.2 Å². The van der Waals surface area contributed by atoms with Gasteiger partial charge in [-0.2, -0.15) is 0 Å². The van der Waals surface area contributed by atoms with Gasteiger partial charge in [-0.1, -0.05) is 0 Å². The largest absolute Gasteiger partial charge is 0.394 e. The maximum atomic E-state index is 14.5. The van der Waals surface area contributed by atoms with E-state index in [9.17, 15) is 27.6 Å². The first-order valence-electron chi connectivity index (χ1n) is 10.4. The Morgan fingerprint density at radius 1 is 1.11 bits per heavy atom. The highest BCUT2D eigenvalue weighted by Crippen LogP contribution is 2.48. The third-order valence-corrected chi connectivity index (χ3v) is 6.73. The maximum Gasteiger partial charge on any atom is 0.356 e. The molecule has 0 bridgehead atoms. The van der Waals surface area contributed by atoms with Crippen LogP contribution in [0.25, 0.3) is 0 Å². The van der Waals surface area contributed by atoms with Crippen LogP contribution in [-0.2, 0) is 23.2 Å². The van der Waals surface area contributed by atoms with E-state index in [0.717, 1.165) is 12.1 Å². The van der Waals surface area contributed by atoms with Crippen molar-refractivity contribution in [3.8, 4) is 0 Å². The van der Waals surface area contributed by atoms with E-state index >= 15 is 0 Å². The molecule has 1 atom stereocenters. The molecule has 0 aromatic heterocycles. The van der Waals surface area contributed by atoms with Crippen LogP contribution in [0.3, 0.4) is 0 Å². The van der Waals surface area contributed by atoms with Crippen molar-refractivity contribution in [3.63, 3.8) is 0 Å². The number of aliphatic hydroxyl groups is 1. The Balaban J connectivity index is 2.06. The van der Waals surface area contributed by atoms with Crippen LogP contribution >= 0.6 is 30.2 Å². The average Bonchev–Trinajstić information content (AvgIpc) is 2.81. The lowest BCUT2D eigenvalue weighted by Crippen LogP contribution is -2.32. The molecule has 0 radical (unpaired) electrons. The molecule has 35 heavy (non-hydrogen) atoms. The molecule has 0 spiro atoms. The summed E-state index contributed by atoms with van der Waals surface area (Å²) >= 11 is 1.88. The minimum absolute atomic E-state index is 0.119. The molecule has 9 nitrogen and oxygen atoms in total. The first kappa shape index (κ1) is 29.5. The summed E-state index contributed by atoms with van der Waals surface area (Å²) in [5.41, 5.74) is 0.872. The van der Waals surface area contributed by atoms with Crippen LogP contribution in [0.5, 0.6) is 0 Å². The quantitative estimate of drug-likeness (QED) is 0.156. The third-order valence-electron chi connectivity index (χ3n) is 4.29. The number of halogens is 4. The van der Waals surface area contributed by atoms with E-state index in [1.54, 1.807) is 13.8 Å². The fourth-order valence-electron chi connectivity index (χ4n) is 2.70. The summed E-state index contributed by atoms with van der Waals surface area (Å²) < 4.78 is 71.0. The molecular weight excluding hydrogens is 607 g/mol. The van der Waals surface area contributed by atoms with Crippen molar-refractivity contribution in [2.45, 2.75) is 20.0 Å². The van der Waals surface area contributed by atoms with Gasteiger partial charge in [0.25, 0.3) is 5.91 Å². The number of benzene rings is 2. The molecule has 2 rings (SSSR count). The Kier molecular flexibility index (Phi) is 11.9. The van der Waals surface area contributed by atoms with E-state index in [4.69, 9.17) is 18.6 Å². The summed E-state index contributed by atoms with van der Waals surface area (Å²) in [6.45, 7) is 2.54. The average molecular weight is 632 g/mol. The Morgan fingerprint density at radius 2 is 1.80 bits per heavy atom. The molecule has 0 aliphatic heterocycles. The van der Waals surface area contributed by atoms with Crippen LogP contribution in [-0.4, -0.2) is 49.9 Å². The highest BCUT2D eigenvalue weighted by atomic mass is 127. The number of rotatable bonds is 14. The lowest BCUT2D eigenvalue weighted by atomic mass is 10.1. The Bertz CT molecular complexity index is 1050. The van der Waals surface area contributed by atoms with Crippen molar-refractivity contribution in [2.24, 2.45) is 0 Å². The summed E-state index contributed by atoms with van der Waals surface area (Å²) in [5.74, 6) is -4.36. The van der Waals surface area contributed by atoms with E-state index in [2.05, 4.69) is 5.32 Å². The summed E-state index contributed by atoms with van der Waals surface area (Å²) in [6.07, 6.45) is -1.48. The fraction of sp³-hybridized carbons (Fsp3) is 0.381. The van der Waals surface area contributed by atoms with Crippen LogP contribution in [0, 0.1) is 21.0 Å². The third kappa shape index (κ3) is 8.70. The molecule has 0 aliphatic carbocycles. The number of nitrogens with one attached hydrogen (secondary N) is 2. The molecule has 194 valence electrons. The van der Waals surface area contributed by atoms with Crippen molar-refractivity contribution < 1.29 is 46.3 Å². The van der Waals surface area contributed by atoms with Crippen LogP contribution in [0.4, 0.5) is 24.5 Å². The van der Waals surface area contributed by atoms with Gasteiger partial charge in [-0.3, -0.25) is 14.2 Å². The molecule has 0 unspecified atom stereocenters. The molecule has 2 aromatic carbocycles. The van der Waals surface area contributed by atoms with Crippen LogP contribution < -0.4 is 10.8 Å². The van der Waals surface area contributed by atoms with Gasteiger partial charge in [-0.05, 0) is 66.8 Å². The highest BCUT2D eigenvalue weighted by molar-refractivity contribution is 14.1. The van der Waals surface area contributed by atoms with Crippen LogP contribution in [0.15, 0.2) is 30.3 Å². The highest BCUT2D eigenvalue weighted by Gasteiger charge is 2.26. The van der Waals surface area contributed by atoms with Crippen LogP contribution in [0.2, 0.25) is 0 Å². The SMILES string of the molecule is CCOP(=O)(CO[C@H](CO)CONC(=O)c1ccc(F)c(F)c1Nc1ccc(I)cc1F)OCC. The Morgan fingerprint density at radius 3 is 2.40 bits per heavy atom. The van der Waals surface area contributed by atoms with E-state index in [-0.39, 0.29) is 24.5 Å². The number of carbonyl (C=O) groups excluding carboxylic acids is 1. The molecule has 0 aliphatic rings. The summed E-state index contributed by atoms with van der Waals surface area (Å²) in [6, 6.07) is 5.75. The van der Waals surface area contributed by atoms with Gasteiger partial charge in [-0.25, -0.2) is 18.7 Å². The van der Waals surface area contributed by atoms with E-state index in [1.807, 2.05) is 28.1 Å². The zero-order valence-electron chi connectivity index (χ0n) is 18.9. The number of hydrogen-bond acceptors (Lipinski definition) is 8. The number of carbonyl (C=O) groups is 1. The first-order chi connectivity index (χ1) is 16.6. The fourth-order valence-corrected chi connectivity index (χ4v) is 4.56. The topological polar surface area (TPSA) is 115 Å². The second-order valence-electron chi connectivity index (χ2n) is 6.82. The molecule has 3 N–H and O–H groups in total. The zero-order valence-corrected chi connectivity index (χ0v) is 21.9. The lowest BCUT2D eigenvalue weighted by molar-refractivity contribution is -0.0558. The minimum Gasteiger partial charge on any atom is -0.394 e. The standard InChI is InChI=1S/C21H25F3IN2O7P/c1-3-33-35(30,34-4-2)12-31-14(10-28)11-32-27-21(29)15-6-7-16(22)19(24)20(15)26-18-8-5-13(25)9-17(18)23/h5-9,14,26,28H,3-4,10-12H2,1-2H3,(H,27,29)/t14-/m1/s1. The van der Waals surface area contributed by atoms with Gasteiger partial charge in [0.05, 0.1) is 36.8 Å². The predicted octanol–water partition coefficient (Wildman–Crippen LogP) is 4.71. The molecule has 0 saturated heterocycles. The summed E-state index contributed by atoms with van der Waals surface area (Å²) in [7, 11) is -3.54. The van der Waals surface area contributed by atoms with Crippen molar-refractivity contribution in [2.75, 3.05) is 38.1 Å². The number of anilines is 2. The Hall–Kier alpha value is -1.74. The number of hydrogen-bond donors (Lipinski definition) is 3. The van der Waals surface area contributed by atoms with Crippen molar-refractivity contribution in [3.05, 3.63) is 56.9 Å². The Labute approximate surface area is 213 Å². The van der Waals surface area contributed by atoms with Crippen molar-refractivity contribution >= 4 is 47.5 Å². The van der Waals surface area contributed by atoms with Gasteiger partial charge in [-0.15, -0.1) is 0 Å². The van der Waals surface area contributed by atoms with Gasteiger partial charge < -0.3 is 24.2 Å². The van der Waals surface area contributed by atoms with Crippen molar-refractivity contribution in [1.82, 2.24) is 5.48 Å². The molecule has 0 fully saturated rings. The predicted molar refractivity (Wildman–Crippen MR) is 130 cm³/mol. The van der Waals surface area contributed by atoms with Crippen molar-refractivity contribution in [1.29, 1.82) is 0 Å². The zero-order chi connectivity index (χ0) is 26.0. The number of amides is 1. The number of aliphatic hydroxyl groups excluding tert-OH is 1. The molecule has 14 heteroatoms. The number of hydroxylamine groups is 1. The monoisotopic (exact) mass is 632 g/mol. The van der Waals surface area contributed by atoms with E-state index in [0.29, 0.717) is 3.57 Å². The molecule has 0 saturated carbocycles. The summed E-state index contributed by atoms with van der Waals surface area (Å²) in [5, 5.41) is 11.9. The van der Waals surface area contributed by atoms with Gasteiger partial charge >= 0.3 is 7.60 Å². The van der Waals surface area contributed by atoms with Gasteiger partial charge in [0.1, 0.15) is 24.9 Å². The lowest BCUT2D eigenvalue weighted by Gasteiger charge is -2.21. The number of ether oxygens (including phenoxy) is 1. The maximum absolute atomic E-state index is 14.5. The molecular formula is C21H25F3IN2O7P. The minimum atomic E-state index is -3.54. The van der Waals surface area contributed by atoms with E-state index < -0.39 is 62.3 Å². The molecule has 0 heterocycles. The normalized spacial score (nSPS) is 12.4. The molecule has 2 aromatic rings. The van der Waals surface area contributed by atoms with Gasteiger partial charge in [0, 0.05) is 3.57 Å². The second kappa shape index (κ2) is 14.1. The molecule has 1 amide bonds. The summed E-state index contributed by atoms with van der Waals surface area (Å²) in [4.78, 5) is 17.6.